The minimum atomic E-state index is -0.334. The number of hydrogen-bond donors (Lipinski definition) is 1. The second-order valence-electron chi connectivity index (χ2n) is 7.35. The number of para-hydroxylation sites is 1. The lowest BCUT2D eigenvalue weighted by molar-refractivity contribution is 0.102. The average Bonchev–Trinajstić information content (AvgIpc) is 3.16. The molecule has 0 radical (unpaired) electrons. The maximum Gasteiger partial charge on any atom is 0.257 e. The van der Waals surface area contributed by atoms with Crippen molar-refractivity contribution in [1.82, 2.24) is 14.8 Å². The van der Waals surface area contributed by atoms with Gasteiger partial charge in [-0.2, -0.15) is 5.10 Å². The zero-order valence-corrected chi connectivity index (χ0v) is 18.6. The largest absolute Gasteiger partial charge is 0.493 e. The van der Waals surface area contributed by atoms with Crippen molar-refractivity contribution in [3.63, 3.8) is 0 Å². The number of benzene rings is 2. The number of methoxy groups -OCH3 is 3. The molecule has 0 aliphatic rings. The summed E-state index contributed by atoms with van der Waals surface area (Å²) in [5.41, 5.74) is 2.00. The number of unbranched alkanes of at least 4 members (excludes halogenated alkanes) is 1. The first-order valence-corrected chi connectivity index (χ1v) is 10.5. The van der Waals surface area contributed by atoms with E-state index in [2.05, 4.69) is 17.3 Å². The second-order valence-corrected chi connectivity index (χ2v) is 7.35. The van der Waals surface area contributed by atoms with Crippen LogP contribution in [-0.2, 0) is 6.54 Å². The number of nitrogens with zero attached hydrogens (tertiary/aromatic N) is 3. The monoisotopic (exact) mass is 434 g/mol. The molecule has 32 heavy (non-hydrogen) atoms. The normalized spacial score (nSPS) is 11.0. The third-order valence-corrected chi connectivity index (χ3v) is 5.31. The highest BCUT2D eigenvalue weighted by atomic mass is 16.5. The molecule has 1 N–H and O–H groups in total. The molecule has 0 saturated carbocycles. The van der Waals surface area contributed by atoms with Crippen LogP contribution in [0.15, 0.2) is 42.5 Å². The Morgan fingerprint density at radius 2 is 1.75 bits per heavy atom. The van der Waals surface area contributed by atoms with E-state index in [0.29, 0.717) is 28.6 Å². The topological polar surface area (TPSA) is 87.5 Å². The fourth-order valence-electron chi connectivity index (χ4n) is 3.65. The lowest BCUT2D eigenvalue weighted by Gasteiger charge is -2.13. The number of carbonyl (C=O) groups is 1. The number of rotatable bonds is 8. The van der Waals surface area contributed by atoms with Gasteiger partial charge in [0.25, 0.3) is 5.91 Å². The molecule has 2 aromatic heterocycles. The van der Waals surface area contributed by atoms with Gasteiger partial charge in [-0.1, -0.05) is 31.5 Å². The Hall–Kier alpha value is -3.81. The number of aryl methyl sites for hydroxylation is 1. The number of pyridine rings is 1. The minimum Gasteiger partial charge on any atom is -0.493 e. The summed E-state index contributed by atoms with van der Waals surface area (Å²) in [5.74, 6) is 1.37. The van der Waals surface area contributed by atoms with Gasteiger partial charge in [0.1, 0.15) is 0 Å². The molecule has 2 aromatic carbocycles. The first kappa shape index (κ1) is 21.4. The Labute approximate surface area is 186 Å². The summed E-state index contributed by atoms with van der Waals surface area (Å²) in [4.78, 5) is 17.9. The van der Waals surface area contributed by atoms with E-state index in [-0.39, 0.29) is 5.91 Å². The van der Waals surface area contributed by atoms with Crippen molar-refractivity contribution >= 4 is 33.7 Å². The molecule has 0 aliphatic carbocycles. The van der Waals surface area contributed by atoms with E-state index in [4.69, 9.17) is 19.2 Å². The number of ether oxygens (including phenoxy) is 3. The van der Waals surface area contributed by atoms with Crippen LogP contribution >= 0.6 is 0 Å². The van der Waals surface area contributed by atoms with Crippen molar-refractivity contribution in [2.24, 2.45) is 0 Å². The molecule has 0 atom stereocenters. The molecule has 0 spiro atoms. The third-order valence-electron chi connectivity index (χ3n) is 5.31. The second kappa shape index (κ2) is 9.13. The minimum absolute atomic E-state index is 0.334. The number of hydrogen-bond acceptors (Lipinski definition) is 6. The Morgan fingerprint density at radius 3 is 2.41 bits per heavy atom. The average molecular weight is 434 g/mol. The number of nitrogens with one attached hydrogen (secondary N) is 1. The van der Waals surface area contributed by atoms with Crippen LogP contribution in [0, 0.1) is 0 Å². The summed E-state index contributed by atoms with van der Waals surface area (Å²) < 4.78 is 17.9. The maximum atomic E-state index is 13.1. The van der Waals surface area contributed by atoms with Gasteiger partial charge >= 0.3 is 0 Å². The van der Waals surface area contributed by atoms with Crippen molar-refractivity contribution < 1.29 is 19.0 Å². The summed E-state index contributed by atoms with van der Waals surface area (Å²) in [6.45, 7) is 2.85. The van der Waals surface area contributed by atoms with Gasteiger partial charge in [0.05, 0.1) is 32.2 Å². The zero-order valence-electron chi connectivity index (χ0n) is 18.6. The molecule has 0 aliphatic heterocycles. The molecule has 1 amide bonds. The van der Waals surface area contributed by atoms with E-state index in [9.17, 15) is 4.79 Å². The van der Waals surface area contributed by atoms with Gasteiger partial charge < -0.3 is 19.5 Å². The Kier molecular flexibility index (Phi) is 6.11. The first-order chi connectivity index (χ1) is 15.6. The number of carbonyl (C=O) groups excluding carboxylic acids is 1. The molecule has 0 saturated heterocycles. The predicted octanol–water partition coefficient (Wildman–Crippen LogP) is 4.66. The Balaban J connectivity index is 1.76. The highest BCUT2D eigenvalue weighted by molar-refractivity contribution is 6.09. The molecule has 2 heterocycles. The molecular weight excluding hydrogens is 408 g/mol. The molecular formula is C24H26N4O4. The van der Waals surface area contributed by atoms with E-state index in [1.54, 1.807) is 12.1 Å². The maximum absolute atomic E-state index is 13.1. The highest BCUT2D eigenvalue weighted by Gasteiger charge is 2.20. The number of anilines is 1. The van der Waals surface area contributed by atoms with Gasteiger partial charge in [-0.05, 0) is 30.7 Å². The third kappa shape index (κ3) is 3.91. The number of aromatic nitrogens is 3. The zero-order chi connectivity index (χ0) is 22.7. The summed E-state index contributed by atoms with van der Waals surface area (Å²) in [6.07, 6.45) is 1.99. The van der Waals surface area contributed by atoms with Crippen molar-refractivity contribution in [2.45, 2.75) is 26.3 Å². The van der Waals surface area contributed by atoms with E-state index >= 15 is 0 Å². The van der Waals surface area contributed by atoms with Crippen LogP contribution in [0.5, 0.6) is 17.2 Å². The Morgan fingerprint density at radius 1 is 1.03 bits per heavy atom. The number of amides is 1. The lowest BCUT2D eigenvalue weighted by atomic mass is 10.1. The van der Waals surface area contributed by atoms with Crippen LogP contribution in [0.3, 0.4) is 0 Å². The van der Waals surface area contributed by atoms with Crippen molar-refractivity contribution in [3.05, 3.63) is 48.0 Å². The smallest absolute Gasteiger partial charge is 0.257 e. The van der Waals surface area contributed by atoms with Crippen LogP contribution in [-0.4, -0.2) is 42.0 Å². The quantitative estimate of drug-likeness (QED) is 0.434. The van der Waals surface area contributed by atoms with Crippen molar-refractivity contribution in [1.29, 1.82) is 0 Å². The van der Waals surface area contributed by atoms with Crippen molar-refractivity contribution in [3.8, 4) is 17.2 Å². The highest BCUT2D eigenvalue weighted by Crippen LogP contribution is 2.38. The van der Waals surface area contributed by atoms with Crippen LogP contribution in [0.2, 0.25) is 0 Å². The van der Waals surface area contributed by atoms with Crippen molar-refractivity contribution in [2.75, 3.05) is 26.6 Å². The SMILES string of the molecule is CCCCn1nc(NC(=O)c2cc(OC)c(OC)c(OC)c2)c2cc3ccccc3nc21. The molecule has 8 heteroatoms. The van der Waals surface area contributed by atoms with Crippen LogP contribution in [0.25, 0.3) is 21.9 Å². The summed E-state index contributed by atoms with van der Waals surface area (Å²) >= 11 is 0. The van der Waals surface area contributed by atoms with E-state index < -0.39 is 0 Å². The molecule has 4 aromatic rings. The summed E-state index contributed by atoms with van der Waals surface area (Å²) in [6, 6.07) is 13.1. The predicted molar refractivity (Wildman–Crippen MR) is 124 cm³/mol. The molecule has 0 unspecified atom stereocenters. The molecule has 0 bridgehead atoms. The van der Waals surface area contributed by atoms with Gasteiger partial charge in [0.15, 0.2) is 23.0 Å². The van der Waals surface area contributed by atoms with Gasteiger partial charge in [0, 0.05) is 17.5 Å². The van der Waals surface area contributed by atoms with Crippen LogP contribution in [0.4, 0.5) is 5.82 Å². The fourth-order valence-corrected chi connectivity index (χ4v) is 3.65. The standard InChI is InChI=1S/C24H26N4O4/c1-5-6-11-28-23-17(12-15-9-7-8-10-18(15)25-23)22(27-28)26-24(29)16-13-19(30-2)21(32-4)20(14-16)31-3/h7-10,12-14H,5-6,11H2,1-4H3,(H,26,27,29). The summed E-state index contributed by atoms with van der Waals surface area (Å²) in [7, 11) is 4.55. The van der Waals surface area contributed by atoms with Crippen LogP contribution in [0.1, 0.15) is 30.1 Å². The van der Waals surface area contributed by atoms with E-state index in [0.717, 1.165) is 41.3 Å². The number of fused-ring (bicyclic) bond motifs is 2. The summed E-state index contributed by atoms with van der Waals surface area (Å²) in [5, 5.41) is 9.39. The lowest BCUT2D eigenvalue weighted by Crippen LogP contribution is -2.13. The first-order valence-electron chi connectivity index (χ1n) is 10.5. The fraction of sp³-hybridized carbons (Fsp3) is 0.292. The van der Waals surface area contributed by atoms with Gasteiger partial charge in [0.2, 0.25) is 5.75 Å². The molecule has 8 nitrogen and oxygen atoms in total. The van der Waals surface area contributed by atoms with Gasteiger partial charge in [-0.25, -0.2) is 9.67 Å². The van der Waals surface area contributed by atoms with Gasteiger partial charge in [-0.3, -0.25) is 4.79 Å². The van der Waals surface area contributed by atoms with E-state index in [1.807, 2.05) is 35.0 Å². The molecule has 166 valence electrons. The Bertz CT molecular complexity index is 1260. The molecule has 4 rings (SSSR count). The van der Waals surface area contributed by atoms with E-state index in [1.165, 1.54) is 21.3 Å². The molecule has 0 fully saturated rings. The van der Waals surface area contributed by atoms with Gasteiger partial charge in [-0.15, -0.1) is 0 Å². The van der Waals surface area contributed by atoms with Crippen LogP contribution < -0.4 is 19.5 Å².